The normalized spacial score (nSPS) is 19.4. The van der Waals surface area contributed by atoms with Gasteiger partial charge in [0.2, 0.25) is 0 Å². The first-order chi connectivity index (χ1) is 14.3. The van der Waals surface area contributed by atoms with Crippen molar-refractivity contribution in [2.75, 3.05) is 6.61 Å². The van der Waals surface area contributed by atoms with E-state index in [4.69, 9.17) is 14.2 Å². The number of hydrogen-bond acceptors (Lipinski definition) is 5. The summed E-state index contributed by atoms with van der Waals surface area (Å²) >= 11 is 0. The minimum atomic E-state index is -0.744. The molecule has 0 aromatic rings. The minimum Gasteiger partial charge on any atom is -0.460 e. The average Bonchev–Trinajstić information content (AvgIpc) is 2.65. The number of esters is 1. The van der Waals surface area contributed by atoms with E-state index in [0.29, 0.717) is 6.42 Å². The molecular weight excluding hydrogens is 380 g/mol. The molecule has 0 radical (unpaired) electrons. The molecule has 1 fully saturated rings. The van der Waals surface area contributed by atoms with E-state index in [1.54, 1.807) is 0 Å². The fraction of sp³-hybridized carbons (Fsp3) is 0.960. The first-order valence-electron chi connectivity index (χ1n) is 12.5. The van der Waals surface area contributed by atoms with E-state index in [-0.39, 0.29) is 24.8 Å². The second-order valence-corrected chi connectivity index (χ2v) is 9.85. The van der Waals surface area contributed by atoms with Gasteiger partial charge in [0.05, 0.1) is 18.6 Å². The number of carbonyl (C=O) groups excluding carboxylic acids is 1. The lowest BCUT2D eigenvalue weighted by atomic mass is 10.0. The third kappa shape index (κ3) is 15.2. The van der Waals surface area contributed by atoms with Crippen LogP contribution in [0.15, 0.2) is 0 Å². The van der Waals surface area contributed by atoms with Gasteiger partial charge in [-0.2, -0.15) is 0 Å². The molecule has 0 bridgehead atoms. The summed E-state index contributed by atoms with van der Waals surface area (Å²) in [6.07, 6.45) is 15.1. The summed E-state index contributed by atoms with van der Waals surface area (Å²) in [5.41, 5.74) is -0.529. The van der Waals surface area contributed by atoms with E-state index in [1.807, 2.05) is 20.8 Å². The highest BCUT2D eigenvalue weighted by Gasteiger charge is 2.25. The predicted molar refractivity (Wildman–Crippen MR) is 121 cm³/mol. The van der Waals surface area contributed by atoms with E-state index in [2.05, 4.69) is 6.92 Å². The fourth-order valence-electron chi connectivity index (χ4n) is 3.92. The van der Waals surface area contributed by atoms with Gasteiger partial charge in [0.25, 0.3) is 0 Å². The third-order valence-electron chi connectivity index (χ3n) is 5.47. The van der Waals surface area contributed by atoms with Gasteiger partial charge in [-0.1, -0.05) is 64.7 Å². The Balaban J connectivity index is 2.33. The van der Waals surface area contributed by atoms with Crippen molar-refractivity contribution in [2.24, 2.45) is 0 Å². The van der Waals surface area contributed by atoms with Crippen molar-refractivity contribution in [1.29, 1.82) is 0 Å². The number of hydrogen-bond donors (Lipinski definition) is 1. The molecule has 0 amide bonds. The molecule has 0 spiro atoms. The first-order valence-corrected chi connectivity index (χ1v) is 12.5. The van der Waals surface area contributed by atoms with Gasteiger partial charge >= 0.3 is 5.97 Å². The van der Waals surface area contributed by atoms with Crippen LogP contribution in [0.3, 0.4) is 0 Å². The second kappa shape index (κ2) is 16.0. The summed E-state index contributed by atoms with van der Waals surface area (Å²) in [5, 5.41) is 10.4. The van der Waals surface area contributed by atoms with Gasteiger partial charge in [0.1, 0.15) is 5.60 Å². The monoisotopic (exact) mass is 428 g/mol. The highest BCUT2D eigenvalue weighted by atomic mass is 16.7. The lowest BCUT2D eigenvalue weighted by Gasteiger charge is -2.29. The van der Waals surface area contributed by atoms with Gasteiger partial charge in [-0.05, 0) is 46.5 Å². The lowest BCUT2D eigenvalue weighted by molar-refractivity contribution is -0.195. The Bertz CT molecular complexity index is 426. The molecule has 1 rings (SSSR count). The van der Waals surface area contributed by atoms with Crippen molar-refractivity contribution in [3.05, 3.63) is 0 Å². The maximum Gasteiger partial charge on any atom is 0.308 e. The van der Waals surface area contributed by atoms with Gasteiger partial charge < -0.3 is 19.3 Å². The van der Waals surface area contributed by atoms with Crippen LogP contribution in [0.1, 0.15) is 124 Å². The molecule has 1 aliphatic heterocycles. The van der Waals surface area contributed by atoms with Crippen molar-refractivity contribution in [2.45, 2.75) is 148 Å². The Kier molecular flexibility index (Phi) is 14.6. The van der Waals surface area contributed by atoms with Gasteiger partial charge in [-0.3, -0.25) is 4.79 Å². The Morgan fingerprint density at radius 3 is 2.23 bits per heavy atom. The molecule has 0 aromatic carbocycles. The zero-order valence-corrected chi connectivity index (χ0v) is 20.1. The molecule has 5 nitrogen and oxygen atoms in total. The Morgan fingerprint density at radius 2 is 1.67 bits per heavy atom. The quantitative estimate of drug-likeness (QED) is 0.231. The zero-order chi connectivity index (χ0) is 22.2. The molecule has 1 heterocycles. The molecular formula is C25H48O5. The number of ether oxygens (including phenoxy) is 3. The minimum absolute atomic E-state index is 0.0143. The van der Waals surface area contributed by atoms with Crippen molar-refractivity contribution in [3.8, 4) is 0 Å². The van der Waals surface area contributed by atoms with Crippen LogP contribution in [-0.4, -0.2) is 41.8 Å². The standard InChI is InChI=1S/C25H48O5/c1-5-6-7-8-9-10-11-12-13-16-22(29-24-17-14-15-18-28-24)19-21(26)20-23(27)30-25(2,3)4/h21-22,24,26H,5-20H2,1-4H3. The Labute approximate surface area is 185 Å². The van der Waals surface area contributed by atoms with Crippen LogP contribution in [0.25, 0.3) is 0 Å². The smallest absolute Gasteiger partial charge is 0.308 e. The van der Waals surface area contributed by atoms with Crippen LogP contribution in [0.2, 0.25) is 0 Å². The average molecular weight is 429 g/mol. The fourth-order valence-corrected chi connectivity index (χ4v) is 3.92. The van der Waals surface area contributed by atoms with Gasteiger partial charge in [0.15, 0.2) is 6.29 Å². The molecule has 1 saturated heterocycles. The molecule has 3 unspecified atom stereocenters. The van der Waals surface area contributed by atoms with E-state index >= 15 is 0 Å². The van der Waals surface area contributed by atoms with Crippen LogP contribution in [0.4, 0.5) is 0 Å². The summed E-state index contributed by atoms with van der Waals surface area (Å²) in [7, 11) is 0. The van der Waals surface area contributed by atoms with E-state index in [1.165, 1.54) is 51.4 Å². The van der Waals surface area contributed by atoms with Crippen molar-refractivity contribution < 1.29 is 24.1 Å². The number of aliphatic hydroxyl groups excluding tert-OH is 1. The van der Waals surface area contributed by atoms with Gasteiger partial charge in [-0.15, -0.1) is 0 Å². The molecule has 30 heavy (non-hydrogen) atoms. The molecule has 1 N–H and O–H groups in total. The Morgan fingerprint density at radius 1 is 1.03 bits per heavy atom. The highest BCUT2D eigenvalue weighted by Crippen LogP contribution is 2.22. The summed E-state index contributed by atoms with van der Waals surface area (Å²) in [6.45, 7) is 8.52. The van der Waals surface area contributed by atoms with Crippen LogP contribution in [0.5, 0.6) is 0 Å². The van der Waals surface area contributed by atoms with E-state index in [0.717, 1.165) is 38.7 Å². The lowest BCUT2D eigenvalue weighted by Crippen LogP contribution is -2.32. The first kappa shape index (κ1) is 27.4. The maximum absolute atomic E-state index is 12.0. The molecule has 0 aliphatic carbocycles. The van der Waals surface area contributed by atoms with Crippen molar-refractivity contribution in [3.63, 3.8) is 0 Å². The third-order valence-corrected chi connectivity index (χ3v) is 5.47. The molecule has 0 aromatic heterocycles. The molecule has 178 valence electrons. The summed E-state index contributed by atoms with van der Waals surface area (Å²) in [5.74, 6) is -0.356. The maximum atomic E-state index is 12.0. The van der Waals surface area contributed by atoms with Gasteiger partial charge in [0, 0.05) is 13.0 Å². The number of aliphatic hydroxyl groups is 1. The van der Waals surface area contributed by atoms with Crippen LogP contribution in [0, 0.1) is 0 Å². The van der Waals surface area contributed by atoms with Crippen LogP contribution in [-0.2, 0) is 19.0 Å². The molecule has 3 atom stereocenters. The number of unbranched alkanes of at least 4 members (excludes halogenated alkanes) is 8. The summed E-state index contributed by atoms with van der Waals surface area (Å²) in [4.78, 5) is 12.0. The van der Waals surface area contributed by atoms with Crippen molar-refractivity contribution in [1.82, 2.24) is 0 Å². The summed E-state index contributed by atoms with van der Waals surface area (Å²) < 4.78 is 17.3. The predicted octanol–water partition coefficient (Wildman–Crippen LogP) is 6.30. The topological polar surface area (TPSA) is 65.0 Å². The zero-order valence-electron chi connectivity index (χ0n) is 20.1. The summed E-state index contributed by atoms with van der Waals surface area (Å²) in [6, 6.07) is 0. The highest BCUT2D eigenvalue weighted by molar-refractivity contribution is 5.70. The number of rotatable bonds is 16. The second-order valence-electron chi connectivity index (χ2n) is 9.85. The molecule has 0 saturated carbocycles. The number of carbonyl (C=O) groups is 1. The van der Waals surface area contributed by atoms with E-state index < -0.39 is 11.7 Å². The SMILES string of the molecule is CCCCCCCCCCCC(CC(O)CC(=O)OC(C)(C)C)OC1CCCCO1. The Hall–Kier alpha value is -0.650. The largest absolute Gasteiger partial charge is 0.460 e. The molecule has 5 heteroatoms. The van der Waals surface area contributed by atoms with Gasteiger partial charge in [-0.25, -0.2) is 0 Å². The van der Waals surface area contributed by atoms with Crippen LogP contribution < -0.4 is 0 Å². The molecule has 1 aliphatic rings. The van der Waals surface area contributed by atoms with E-state index in [9.17, 15) is 9.90 Å². The van der Waals surface area contributed by atoms with Crippen molar-refractivity contribution >= 4 is 5.97 Å². The van der Waals surface area contributed by atoms with Crippen LogP contribution >= 0.6 is 0 Å².